The van der Waals surface area contributed by atoms with E-state index in [-0.39, 0.29) is 16.7 Å². The third kappa shape index (κ3) is 4.62. The number of rotatable bonds is 5. The summed E-state index contributed by atoms with van der Waals surface area (Å²) in [5.74, 6) is 2.11. The molecule has 2 saturated carbocycles. The van der Waals surface area contributed by atoms with Crippen LogP contribution in [0.15, 0.2) is 34.1 Å². The van der Waals surface area contributed by atoms with E-state index >= 15 is 0 Å². The highest BCUT2D eigenvalue weighted by Crippen LogP contribution is 2.59. The minimum Gasteiger partial charge on any atom is -0.481 e. The van der Waals surface area contributed by atoms with Gasteiger partial charge in [0.05, 0.1) is 5.41 Å². The monoisotopic (exact) mass is 586 g/mol. The summed E-state index contributed by atoms with van der Waals surface area (Å²) in [6.45, 7) is 18.9. The Hall–Kier alpha value is -1.74. The van der Waals surface area contributed by atoms with Crippen LogP contribution in [0.4, 0.5) is 0 Å². The van der Waals surface area contributed by atoms with Crippen molar-refractivity contribution >= 4 is 17.7 Å². The van der Waals surface area contributed by atoms with Crippen LogP contribution in [-0.2, 0) is 28.5 Å². The Labute approximate surface area is 259 Å². The van der Waals surface area contributed by atoms with E-state index < -0.39 is 11.4 Å². The second kappa shape index (κ2) is 10.7. The molecule has 0 aromatic heterocycles. The smallest absolute Gasteiger partial charge is 0.309 e. The summed E-state index contributed by atoms with van der Waals surface area (Å²) in [5.41, 5.74) is 8.68. The number of aryl methyl sites for hydroxylation is 2. The normalized spacial score (nSPS) is 34.0. The van der Waals surface area contributed by atoms with Crippen LogP contribution in [0.5, 0.6) is 0 Å². The van der Waals surface area contributed by atoms with Gasteiger partial charge in [-0.05, 0) is 138 Å². The highest BCUT2D eigenvalue weighted by molar-refractivity contribution is 7.99. The number of carbonyl (C=O) groups is 1. The molecule has 0 heterocycles. The molecule has 2 aromatic carbocycles. The minimum absolute atomic E-state index is 0.0839. The van der Waals surface area contributed by atoms with Crippen LogP contribution in [0.1, 0.15) is 152 Å². The quantitative estimate of drug-likeness (QED) is 0.379. The van der Waals surface area contributed by atoms with Gasteiger partial charge in [-0.2, -0.15) is 0 Å². The maximum Gasteiger partial charge on any atom is 0.309 e. The maximum atomic E-state index is 12.6. The molecule has 6 atom stereocenters. The lowest BCUT2D eigenvalue weighted by Gasteiger charge is -2.53. The molecule has 0 bridgehead atoms. The standard InChI is InChI=1S/C39H54O2S/c1-23(2)28-19-26-12-14-30-25(5)11-9-16-37(30,6)31(26)21-33(28)42-34-22-32-27(20-29(34)24(3)4)13-15-35-38(32,7)17-10-18-39(35,8)36(40)41/h19-25,30,35H,9-18H2,1-8H3,(H,40,41). The van der Waals surface area contributed by atoms with Crippen molar-refractivity contribution in [3.8, 4) is 0 Å². The van der Waals surface area contributed by atoms with E-state index in [1.165, 1.54) is 64.1 Å². The van der Waals surface area contributed by atoms with E-state index in [9.17, 15) is 9.90 Å². The zero-order chi connectivity index (χ0) is 30.2. The van der Waals surface area contributed by atoms with Crippen molar-refractivity contribution in [1.82, 2.24) is 0 Å². The first-order valence-electron chi connectivity index (χ1n) is 17.1. The maximum absolute atomic E-state index is 12.6. The fourth-order valence-electron chi connectivity index (χ4n) is 10.4. The summed E-state index contributed by atoms with van der Waals surface area (Å²) in [6.07, 6.45) is 11.5. The lowest BCUT2D eigenvalue weighted by atomic mass is 9.50. The lowest BCUT2D eigenvalue weighted by Crippen LogP contribution is -2.52. The first-order chi connectivity index (χ1) is 19.8. The molecule has 6 unspecified atom stereocenters. The largest absolute Gasteiger partial charge is 0.481 e. The lowest BCUT2D eigenvalue weighted by molar-refractivity contribution is -0.157. The van der Waals surface area contributed by atoms with E-state index in [0.29, 0.717) is 11.8 Å². The summed E-state index contributed by atoms with van der Waals surface area (Å²) in [5, 5.41) is 10.4. The van der Waals surface area contributed by atoms with Crippen LogP contribution in [0.3, 0.4) is 0 Å². The second-order valence-electron chi connectivity index (χ2n) is 16.0. The molecule has 4 aliphatic carbocycles. The topological polar surface area (TPSA) is 37.3 Å². The number of aliphatic carboxylic acids is 1. The Morgan fingerprint density at radius 3 is 1.90 bits per heavy atom. The van der Waals surface area contributed by atoms with Gasteiger partial charge in [0, 0.05) is 9.79 Å². The Bertz CT molecular complexity index is 1390. The molecule has 4 aliphatic rings. The van der Waals surface area contributed by atoms with E-state index in [1.807, 2.05) is 18.7 Å². The molecule has 6 rings (SSSR count). The summed E-state index contributed by atoms with van der Waals surface area (Å²) in [6, 6.07) is 10.3. The molecule has 0 radical (unpaired) electrons. The average Bonchev–Trinajstić information content (AvgIpc) is 2.92. The highest BCUT2D eigenvalue weighted by Gasteiger charge is 2.55. The third-order valence-electron chi connectivity index (χ3n) is 12.9. The van der Waals surface area contributed by atoms with Gasteiger partial charge in [0.15, 0.2) is 0 Å². The van der Waals surface area contributed by atoms with Crippen molar-refractivity contribution in [2.24, 2.45) is 23.2 Å². The Morgan fingerprint density at radius 1 is 0.786 bits per heavy atom. The minimum atomic E-state index is -0.638. The Kier molecular flexibility index (Phi) is 7.72. The van der Waals surface area contributed by atoms with Crippen LogP contribution < -0.4 is 0 Å². The molecule has 42 heavy (non-hydrogen) atoms. The predicted molar refractivity (Wildman–Crippen MR) is 176 cm³/mol. The summed E-state index contributed by atoms with van der Waals surface area (Å²) < 4.78 is 0. The first kappa shape index (κ1) is 30.3. The average molecular weight is 587 g/mol. The molecule has 0 amide bonds. The predicted octanol–water partition coefficient (Wildman–Crippen LogP) is 10.8. The molecule has 2 nitrogen and oxygen atoms in total. The van der Waals surface area contributed by atoms with Crippen LogP contribution in [0.25, 0.3) is 0 Å². The van der Waals surface area contributed by atoms with Crippen molar-refractivity contribution in [3.63, 3.8) is 0 Å². The van der Waals surface area contributed by atoms with Gasteiger partial charge in [-0.3, -0.25) is 4.79 Å². The molecule has 3 heteroatoms. The molecule has 0 aliphatic heterocycles. The molecular formula is C39H54O2S. The number of carboxylic acid groups (broad SMARTS) is 1. The fourth-order valence-corrected chi connectivity index (χ4v) is 11.8. The van der Waals surface area contributed by atoms with E-state index in [0.717, 1.165) is 43.9 Å². The third-order valence-corrected chi connectivity index (χ3v) is 14.0. The number of benzene rings is 2. The van der Waals surface area contributed by atoms with Gasteiger partial charge >= 0.3 is 5.97 Å². The summed E-state index contributed by atoms with van der Waals surface area (Å²) >= 11 is 2.01. The molecule has 0 spiro atoms. The van der Waals surface area contributed by atoms with Crippen LogP contribution in [-0.4, -0.2) is 11.1 Å². The van der Waals surface area contributed by atoms with Gasteiger partial charge in [-0.25, -0.2) is 0 Å². The van der Waals surface area contributed by atoms with Gasteiger partial charge in [0.1, 0.15) is 0 Å². The van der Waals surface area contributed by atoms with Crippen molar-refractivity contribution in [2.75, 3.05) is 0 Å². The van der Waals surface area contributed by atoms with E-state index in [4.69, 9.17) is 0 Å². The van der Waals surface area contributed by atoms with Gasteiger partial charge in [-0.1, -0.05) is 91.6 Å². The van der Waals surface area contributed by atoms with Crippen LogP contribution >= 0.6 is 11.8 Å². The van der Waals surface area contributed by atoms with E-state index in [1.54, 1.807) is 11.1 Å². The zero-order valence-electron chi connectivity index (χ0n) is 27.5. The van der Waals surface area contributed by atoms with E-state index in [2.05, 4.69) is 72.7 Å². The SMILES string of the molecule is CC(C)c1cc2c(cc1Sc1cc3c(cc1C(C)C)CCC1C(C)(C(=O)O)CCCC31C)C1(C)CCCC(C)C1CC2. The fraction of sp³-hybridized carbons (Fsp3) is 0.667. The van der Waals surface area contributed by atoms with Gasteiger partial charge in [0.2, 0.25) is 0 Å². The molecule has 228 valence electrons. The molecule has 2 fully saturated rings. The number of fused-ring (bicyclic) bond motifs is 6. The van der Waals surface area contributed by atoms with Crippen LogP contribution in [0.2, 0.25) is 0 Å². The number of hydrogen-bond acceptors (Lipinski definition) is 2. The van der Waals surface area contributed by atoms with Crippen molar-refractivity contribution in [3.05, 3.63) is 57.6 Å². The Morgan fingerprint density at radius 2 is 1.33 bits per heavy atom. The Balaban J connectivity index is 1.47. The number of hydrogen-bond donors (Lipinski definition) is 1. The molecular weight excluding hydrogens is 532 g/mol. The molecule has 1 N–H and O–H groups in total. The van der Waals surface area contributed by atoms with Crippen molar-refractivity contribution in [2.45, 2.75) is 152 Å². The van der Waals surface area contributed by atoms with Gasteiger partial charge < -0.3 is 5.11 Å². The second-order valence-corrected chi connectivity index (χ2v) is 17.1. The van der Waals surface area contributed by atoms with Crippen LogP contribution in [0, 0.1) is 23.2 Å². The van der Waals surface area contributed by atoms with Crippen molar-refractivity contribution in [1.29, 1.82) is 0 Å². The van der Waals surface area contributed by atoms with Gasteiger partial charge in [0.25, 0.3) is 0 Å². The number of carboxylic acids is 1. The van der Waals surface area contributed by atoms with Crippen molar-refractivity contribution < 1.29 is 9.90 Å². The first-order valence-corrected chi connectivity index (χ1v) is 17.9. The van der Waals surface area contributed by atoms with Gasteiger partial charge in [-0.15, -0.1) is 0 Å². The molecule has 0 saturated heterocycles. The summed E-state index contributed by atoms with van der Waals surface area (Å²) in [4.78, 5) is 15.4. The highest BCUT2D eigenvalue weighted by atomic mass is 32.2. The summed E-state index contributed by atoms with van der Waals surface area (Å²) in [7, 11) is 0. The molecule has 2 aromatic rings. The zero-order valence-corrected chi connectivity index (χ0v) is 28.3.